The summed E-state index contributed by atoms with van der Waals surface area (Å²) in [5.74, 6) is -0.544. The Kier molecular flexibility index (Phi) is 61.8. The second kappa shape index (κ2) is 43.1. The van der Waals surface area contributed by atoms with E-state index in [-0.39, 0.29) is 12.4 Å². The van der Waals surface area contributed by atoms with Gasteiger partial charge in [-0.2, -0.15) is 0 Å². The van der Waals surface area contributed by atoms with Gasteiger partial charge in [-0.25, -0.2) is 0 Å². The summed E-state index contributed by atoms with van der Waals surface area (Å²) < 4.78 is 0. The van der Waals surface area contributed by atoms with E-state index >= 15 is 0 Å². The molecule has 0 saturated carbocycles. The maximum Gasteiger partial charge on any atom is 0.303 e. The molecule has 0 aliphatic heterocycles. The van der Waals surface area contributed by atoms with E-state index in [2.05, 4.69) is 20.8 Å². The first kappa shape index (κ1) is 34.4. The number of carbonyl (C=O) groups is 2. The molecule has 0 aliphatic rings. The molecule has 0 radical (unpaired) electrons. The predicted octanol–water partition coefficient (Wildman–Crippen LogP) is 4.83. The monoisotopic (exact) mass is 352 g/mol. The lowest BCUT2D eigenvalue weighted by Gasteiger charge is -1.86. The lowest BCUT2D eigenvalue weighted by molar-refractivity contribution is -0.137. The van der Waals surface area contributed by atoms with Crippen molar-refractivity contribution in [2.45, 2.75) is 99.8 Å². The van der Waals surface area contributed by atoms with Crippen LogP contribution in [0.1, 0.15) is 99.8 Å². The van der Waals surface area contributed by atoms with E-state index in [4.69, 9.17) is 15.3 Å². The summed E-state index contributed by atoms with van der Waals surface area (Å²) in [5, 5.41) is 23.5. The standard InChI is InChI=1S/C6H14.C4H8O2.C4H10O.C3H6O.C2H6O/c1-3-5-6-4-2;1-2-3-4(5)6;1-2-3-4-5;1-3(2)4;1-2-3/h3-6H2,1-2H3;2-3H2,1H3,(H,5,6);5H,2-4H2,1H3;1-2H3;3H,2H2,1H3. The highest BCUT2D eigenvalue weighted by molar-refractivity contribution is 5.72. The zero-order chi connectivity index (χ0) is 20.2. The van der Waals surface area contributed by atoms with Crippen LogP contribution >= 0.6 is 0 Å². The van der Waals surface area contributed by atoms with Crippen LogP contribution in [0.15, 0.2) is 0 Å². The minimum atomic E-state index is -0.711. The zero-order valence-corrected chi connectivity index (χ0v) is 17.2. The minimum Gasteiger partial charge on any atom is -0.481 e. The van der Waals surface area contributed by atoms with Gasteiger partial charge in [-0.15, -0.1) is 0 Å². The fourth-order valence-electron chi connectivity index (χ4n) is 0.872. The second-order valence-corrected chi connectivity index (χ2v) is 5.15. The van der Waals surface area contributed by atoms with E-state index in [0.29, 0.717) is 13.0 Å². The Hall–Kier alpha value is -0.940. The second-order valence-electron chi connectivity index (χ2n) is 5.15. The first-order chi connectivity index (χ1) is 11.2. The van der Waals surface area contributed by atoms with Crippen molar-refractivity contribution >= 4 is 11.8 Å². The number of hydrogen-bond donors (Lipinski definition) is 3. The van der Waals surface area contributed by atoms with Crippen LogP contribution in [0.2, 0.25) is 0 Å². The largest absolute Gasteiger partial charge is 0.481 e. The summed E-state index contributed by atoms with van der Waals surface area (Å²) in [6.07, 6.45) is 8.60. The highest BCUT2D eigenvalue weighted by atomic mass is 16.4. The van der Waals surface area contributed by atoms with Crippen molar-refractivity contribution in [3.63, 3.8) is 0 Å². The number of hydrogen-bond acceptors (Lipinski definition) is 4. The van der Waals surface area contributed by atoms with Gasteiger partial charge in [0.1, 0.15) is 5.78 Å². The number of carbonyl (C=O) groups excluding carboxylic acids is 1. The quantitative estimate of drug-likeness (QED) is 0.570. The van der Waals surface area contributed by atoms with Crippen LogP contribution in [0.4, 0.5) is 0 Å². The van der Waals surface area contributed by atoms with Crippen LogP contribution in [-0.4, -0.2) is 40.3 Å². The highest BCUT2D eigenvalue weighted by Crippen LogP contribution is 1.95. The Balaban J connectivity index is -0.0000000641. The Morgan fingerprint density at radius 2 is 1.00 bits per heavy atom. The Labute approximate surface area is 150 Å². The van der Waals surface area contributed by atoms with Gasteiger partial charge < -0.3 is 20.1 Å². The lowest BCUT2D eigenvalue weighted by Crippen LogP contribution is -1.90. The fraction of sp³-hybridized carbons (Fsp3) is 0.895. The molecule has 0 unspecified atom stereocenters. The smallest absolute Gasteiger partial charge is 0.303 e. The van der Waals surface area contributed by atoms with Gasteiger partial charge in [0.15, 0.2) is 0 Å². The summed E-state index contributed by atoms with van der Waals surface area (Å²) in [6, 6.07) is 0. The van der Waals surface area contributed by atoms with Crippen LogP contribution in [0.5, 0.6) is 0 Å². The average Bonchev–Trinajstić information content (AvgIpc) is 2.47. The molecule has 0 heterocycles. The van der Waals surface area contributed by atoms with E-state index in [1.807, 2.05) is 6.92 Å². The van der Waals surface area contributed by atoms with Gasteiger partial charge in [0, 0.05) is 19.6 Å². The molecule has 0 rings (SSSR count). The molecule has 0 amide bonds. The molecule has 150 valence electrons. The van der Waals surface area contributed by atoms with Gasteiger partial charge in [0.25, 0.3) is 0 Å². The number of ketones is 1. The summed E-state index contributed by atoms with van der Waals surface area (Å²) in [7, 11) is 0. The zero-order valence-electron chi connectivity index (χ0n) is 17.2. The predicted molar refractivity (Wildman–Crippen MR) is 103 cm³/mol. The maximum absolute atomic E-state index is 9.60. The molecular formula is C19H44O5. The van der Waals surface area contributed by atoms with E-state index in [1.165, 1.54) is 39.5 Å². The lowest BCUT2D eigenvalue weighted by atomic mass is 10.2. The molecule has 5 nitrogen and oxygen atoms in total. The number of unbranched alkanes of at least 4 members (excludes halogenated alkanes) is 4. The molecule has 5 heteroatoms. The molecule has 0 aromatic rings. The molecule has 0 aromatic heterocycles. The minimum absolute atomic E-state index is 0.167. The van der Waals surface area contributed by atoms with E-state index in [1.54, 1.807) is 6.92 Å². The van der Waals surface area contributed by atoms with Crippen LogP contribution in [0, 0.1) is 0 Å². The van der Waals surface area contributed by atoms with Crippen LogP contribution in [0.25, 0.3) is 0 Å². The molecule has 0 saturated heterocycles. The Morgan fingerprint density at radius 1 is 0.708 bits per heavy atom. The van der Waals surface area contributed by atoms with Crippen LogP contribution in [0.3, 0.4) is 0 Å². The molecular weight excluding hydrogens is 308 g/mol. The van der Waals surface area contributed by atoms with Crippen molar-refractivity contribution in [3.8, 4) is 0 Å². The number of rotatable bonds is 7. The molecule has 0 bridgehead atoms. The summed E-state index contributed by atoms with van der Waals surface area (Å²) in [5.41, 5.74) is 0. The molecule has 3 N–H and O–H groups in total. The topological polar surface area (TPSA) is 94.8 Å². The number of aliphatic hydroxyl groups excluding tert-OH is 2. The van der Waals surface area contributed by atoms with Crippen molar-refractivity contribution in [2.75, 3.05) is 13.2 Å². The van der Waals surface area contributed by atoms with Gasteiger partial charge in [0.2, 0.25) is 0 Å². The first-order valence-corrected chi connectivity index (χ1v) is 9.15. The first-order valence-electron chi connectivity index (χ1n) is 9.15. The van der Waals surface area contributed by atoms with Gasteiger partial charge in [-0.3, -0.25) is 4.79 Å². The third kappa shape index (κ3) is 170. The number of carboxylic acid groups (broad SMARTS) is 1. The van der Waals surface area contributed by atoms with E-state index in [0.717, 1.165) is 19.3 Å². The van der Waals surface area contributed by atoms with E-state index in [9.17, 15) is 9.59 Å². The molecule has 0 atom stereocenters. The molecule has 24 heavy (non-hydrogen) atoms. The third-order valence-electron chi connectivity index (χ3n) is 1.93. The van der Waals surface area contributed by atoms with Gasteiger partial charge >= 0.3 is 5.97 Å². The van der Waals surface area contributed by atoms with Crippen molar-refractivity contribution in [3.05, 3.63) is 0 Å². The summed E-state index contributed by atoms with van der Waals surface area (Å²) in [6.45, 7) is 13.7. The van der Waals surface area contributed by atoms with Gasteiger partial charge in [-0.05, 0) is 33.6 Å². The molecule has 0 aliphatic carbocycles. The maximum atomic E-state index is 9.60. The van der Waals surface area contributed by atoms with Gasteiger partial charge in [0.05, 0.1) is 0 Å². The molecule has 0 spiro atoms. The molecule has 0 fully saturated rings. The van der Waals surface area contributed by atoms with E-state index < -0.39 is 5.97 Å². The number of aliphatic carboxylic acids is 1. The summed E-state index contributed by atoms with van der Waals surface area (Å²) >= 11 is 0. The Morgan fingerprint density at radius 3 is 1.04 bits per heavy atom. The fourth-order valence-corrected chi connectivity index (χ4v) is 0.872. The summed E-state index contributed by atoms with van der Waals surface area (Å²) in [4.78, 5) is 19.0. The average molecular weight is 353 g/mol. The third-order valence-corrected chi connectivity index (χ3v) is 1.93. The number of carboxylic acids is 1. The van der Waals surface area contributed by atoms with Crippen molar-refractivity contribution in [2.24, 2.45) is 0 Å². The normalized spacial score (nSPS) is 7.88. The Bertz CT molecular complexity index is 196. The van der Waals surface area contributed by atoms with Crippen molar-refractivity contribution < 1.29 is 24.9 Å². The number of Topliss-reactive ketones (excluding diaryl/α,β-unsaturated/α-hetero) is 1. The SMILES string of the molecule is CC(C)=O.CCCC(=O)O.CCCCCC.CCCCO.CCO. The van der Waals surface area contributed by atoms with Gasteiger partial charge in [-0.1, -0.05) is 59.8 Å². The highest BCUT2D eigenvalue weighted by Gasteiger charge is 1.87. The van der Waals surface area contributed by atoms with Crippen molar-refractivity contribution in [1.29, 1.82) is 0 Å². The molecule has 0 aromatic carbocycles. The number of aliphatic hydroxyl groups is 2. The van der Waals surface area contributed by atoms with Crippen LogP contribution < -0.4 is 0 Å². The van der Waals surface area contributed by atoms with Crippen LogP contribution in [-0.2, 0) is 9.59 Å². The van der Waals surface area contributed by atoms with Crippen molar-refractivity contribution in [1.82, 2.24) is 0 Å².